The van der Waals surface area contributed by atoms with Gasteiger partial charge in [-0.1, -0.05) is 0 Å². The van der Waals surface area contributed by atoms with Gasteiger partial charge in [-0.3, -0.25) is 4.79 Å². The van der Waals surface area contributed by atoms with Crippen LogP contribution in [0.25, 0.3) is 11.2 Å². The van der Waals surface area contributed by atoms with Crippen molar-refractivity contribution in [2.75, 3.05) is 18.2 Å². The van der Waals surface area contributed by atoms with Gasteiger partial charge in [-0.2, -0.15) is 9.97 Å². The fourth-order valence-electron chi connectivity index (χ4n) is 3.51. The van der Waals surface area contributed by atoms with E-state index in [1.807, 2.05) is 16.9 Å². The van der Waals surface area contributed by atoms with Gasteiger partial charge in [-0.25, -0.2) is 9.97 Å². The highest BCUT2D eigenvalue weighted by Crippen LogP contribution is 2.35. The number of hydrogen-bond acceptors (Lipinski definition) is 8. The van der Waals surface area contributed by atoms with Gasteiger partial charge in [-0.05, 0) is 32.6 Å². The molecule has 142 valence electrons. The molecule has 0 unspecified atom stereocenters. The van der Waals surface area contributed by atoms with Crippen molar-refractivity contribution in [3.8, 4) is 6.01 Å². The van der Waals surface area contributed by atoms with E-state index in [0.29, 0.717) is 22.1 Å². The summed E-state index contributed by atoms with van der Waals surface area (Å²) in [7, 11) is 1.51. The van der Waals surface area contributed by atoms with Crippen molar-refractivity contribution in [2.45, 2.75) is 38.6 Å². The lowest BCUT2D eigenvalue weighted by molar-refractivity contribution is -0.120. The first kappa shape index (κ1) is 17.7. The highest BCUT2D eigenvalue weighted by Gasteiger charge is 2.29. The minimum absolute atomic E-state index is 0.00512. The van der Waals surface area contributed by atoms with Gasteiger partial charge in [0.2, 0.25) is 5.91 Å². The molecule has 3 N–H and O–H groups in total. The zero-order chi connectivity index (χ0) is 19.0. The second-order valence-corrected chi connectivity index (χ2v) is 7.57. The first-order valence-corrected chi connectivity index (χ1v) is 9.70. The van der Waals surface area contributed by atoms with Crippen LogP contribution < -0.4 is 15.8 Å². The Hall–Kier alpha value is -2.75. The maximum absolute atomic E-state index is 12.5. The lowest BCUT2D eigenvalue weighted by Gasteiger charge is -2.28. The molecule has 1 fully saturated rings. The topological polar surface area (TPSA) is 121 Å². The van der Waals surface area contributed by atoms with Gasteiger partial charge in [-0.15, -0.1) is 11.3 Å². The standard InChI is InChI=1S/C17H21N7O2S/c1-9-7-27-17(20-9)23-15(25)10-3-5-11(6-4-10)24-8-19-12-13(18)21-16(26-2)22-14(12)24/h7-8,10-11H,3-6H2,1-2H3,(H2,18,21,22)(H,20,23,25). The van der Waals surface area contributed by atoms with Gasteiger partial charge in [0, 0.05) is 17.3 Å². The van der Waals surface area contributed by atoms with E-state index in [1.165, 1.54) is 18.4 Å². The van der Waals surface area contributed by atoms with Crippen LogP contribution in [-0.4, -0.2) is 37.5 Å². The summed E-state index contributed by atoms with van der Waals surface area (Å²) in [4.78, 5) is 29.6. The summed E-state index contributed by atoms with van der Waals surface area (Å²) in [5.41, 5.74) is 8.12. The number of ether oxygens (including phenoxy) is 1. The number of carbonyl (C=O) groups excluding carboxylic acids is 1. The number of aromatic nitrogens is 5. The van der Waals surface area contributed by atoms with Crippen LogP contribution in [0, 0.1) is 12.8 Å². The number of anilines is 2. The number of carbonyl (C=O) groups is 1. The fraction of sp³-hybridized carbons (Fsp3) is 0.471. The molecule has 1 aliphatic carbocycles. The number of methoxy groups -OCH3 is 1. The summed E-state index contributed by atoms with van der Waals surface area (Å²) >= 11 is 1.45. The fourth-order valence-corrected chi connectivity index (χ4v) is 4.20. The molecule has 1 aliphatic rings. The maximum atomic E-state index is 12.5. The van der Waals surface area contributed by atoms with Crippen molar-refractivity contribution in [3.63, 3.8) is 0 Å². The SMILES string of the molecule is COc1nc(N)c2ncn(C3CCC(C(=O)Nc4nc(C)cs4)CC3)c2n1. The molecule has 0 radical (unpaired) electrons. The van der Waals surface area contributed by atoms with E-state index in [-0.39, 0.29) is 23.9 Å². The molecule has 3 aromatic rings. The van der Waals surface area contributed by atoms with Crippen molar-refractivity contribution in [1.29, 1.82) is 0 Å². The van der Waals surface area contributed by atoms with E-state index in [9.17, 15) is 4.79 Å². The Labute approximate surface area is 160 Å². The molecule has 0 aromatic carbocycles. The lowest BCUT2D eigenvalue weighted by atomic mass is 9.85. The number of aryl methyl sites for hydroxylation is 1. The average Bonchev–Trinajstić information content (AvgIpc) is 3.28. The van der Waals surface area contributed by atoms with Gasteiger partial charge in [0.15, 0.2) is 22.1 Å². The van der Waals surface area contributed by atoms with Crippen molar-refractivity contribution in [2.24, 2.45) is 5.92 Å². The smallest absolute Gasteiger partial charge is 0.320 e. The number of fused-ring (bicyclic) bond motifs is 1. The van der Waals surface area contributed by atoms with Crippen LogP contribution in [0.3, 0.4) is 0 Å². The number of nitrogens with zero attached hydrogens (tertiary/aromatic N) is 5. The Morgan fingerprint density at radius 2 is 2.07 bits per heavy atom. The molecule has 0 bridgehead atoms. The van der Waals surface area contributed by atoms with E-state index >= 15 is 0 Å². The molecule has 0 spiro atoms. The minimum atomic E-state index is -0.00512. The second-order valence-electron chi connectivity index (χ2n) is 6.71. The number of thiazole rings is 1. The number of nitrogens with two attached hydrogens (primary N) is 1. The second kappa shape index (κ2) is 7.10. The summed E-state index contributed by atoms with van der Waals surface area (Å²) in [5.74, 6) is 0.350. The van der Waals surface area contributed by atoms with E-state index in [2.05, 4.69) is 25.3 Å². The average molecular weight is 387 g/mol. The number of hydrogen-bond donors (Lipinski definition) is 2. The number of nitrogen functional groups attached to an aromatic ring is 1. The highest BCUT2D eigenvalue weighted by atomic mass is 32.1. The van der Waals surface area contributed by atoms with Crippen LogP contribution in [0.4, 0.5) is 10.9 Å². The molecule has 4 rings (SSSR count). The molecule has 3 aromatic heterocycles. The number of nitrogens with one attached hydrogen (secondary N) is 1. The third kappa shape index (κ3) is 3.44. The molecule has 27 heavy (non-hydrogen) atoms. The van der Waals surface area contributed by atoms with Crippen LogP contribution in [-0.2, 0) is 4.79 Å². The Morgan fingerprint density at radius 1 is 1.30 bits per heavy atom. The van der Waals surface area contributed by atoms with Crippen LogP contribution in [0.1, 0.15) is 37.4 Å². The normalized spacial score (nSPS) is 19.9. The van der Waals surface area contributed by atoms with E-state index < -0.39 is 0 Å². The molecule has 3 heterocycles. The molecule has 9 nitrogen and oxygen atoms in total. The zero-order valence-electron chi connectivity index (χ0n) is 15.2. The summed E-state index contributed by atoms with van der Waals surface area (Å²) in [6.45, 7) is 1.91. The Kier molecular flexibility index (Phi) is 4.65. The molecule has 0 atom stereocenters. The largest absolute Gasteiger partial charge is 0.467 e. The number of amides is 1. The third-order valence-electron chi connectivity index (χ3n) is 4.92. The first-order valence-electron chi connectivity index (χ1n) is 8.82. The predicted molar refractivity (Wildman–Crippen MR) is 103 cm³/mol. The van der Waals surface area contributed by atoms with Crippen LogP contribution >= 0.6 is 11.3 Å². The quantitative estimate of drug-likeness (QED) is 0.705. The summed E-state index contributed by atoms with van der Waals surface area (Å²) in [5, 5.41) is 5.53. The number of imidazole rings is 1. The summed E-state index contributed by atoms with van der Waals surface area (Å²) < 4.78 is 7.14. The van der Waals surface area contributed by atoms with Gasteiger partial charge in [0.1, 0.15) is 0 Å². The van der Waals surface area contributed by atoms with Crippen molar-refractivity contribution in [3.05, 3.63) is 17.4 Å². The van der Waals surface area contributed by atoms with Crippen LogP contribution in [0.5, 0.6) is 6.01 Å². The molecular formula is C17H21N7O2S. The highest BCUT2D eigenvalue weighted by molar-refractivity contribution is 7.13. The van der Waals surface area contributed by atoms with E-state index in [4.69, 9.17) is 10.5 Å². The molecule has 1 amide bonds. The minimum Gasteiger partial charge on any atom is -0.467 e. The molecule has 10 heteroatoms. The Balaban J connectivity index is 1.45. The van der Waals surface area contributed by atoms with Crippen molar-refractivity contribution in [1.82, 2.24) is 24.5 Å². The van der Waals surface area contributed by atoms with Crippen LogP contribution in [0.2, 0.25) is 0 Å². The molecular weight excluding hydrogens is 366 g/mol. The predicted octanol–water partition coefficient (Wildman–Crippen LogP) is 2.55. The molecule has 0 aliphatic heterocycles. The van der Waals surface area contributed by atoms with Gasteiger partial charge < -0.3 is 20.4 Å². The Morgan fingerprint density at radius 3 is 2.74 bits per heavy atom. The van der Waals surface area contributed by atoms with Crippen molar-refractivity contribution >= 4 is 39.4 Å². The lowest BCUT2D eigenvalue weighted by Crippen LogP contribution is -2.28. The van der Waals surface area contributed by atoms with Crippen molar-refractivity contribution < 1.29 is 9.53 Å². The summed E-state index contributed by atoms with van der Waals surface area (Å²) in [6, 6.07) is 0.453. The van der Waals surface area contributed by atoms with Gasteiger partial charge >= 0.3 is 6.01 Å². The third-order valence-corrected chi connectivity index (χ3v) is 5.80. The monoisotopic (exact) mass is 387 g/mol. The maximum Gasteiger partial charge on any atom is 0.320 e. The first-order chi connectivity index (χ1) is 13.0. The van der Waals surface area contributed by atoms with Gasteiger partial charge in [0.25, 0.3) is 0 Å². The zero-order valence-corrected chi connectivity index (χ0v) is 16.0. The molecule has 0 saturated heterocycles. The van der Waals surface area contributed by atoms with Gasteiger partial charge in [0.05, 0.1) is 19.1 Å². The Bertz CT molecular complexity index is 975. The van der Waals surface area contributed by atoms with Crippen LogP contribution in [0.15, 0.2) is 11.7 Å². The molecule has 1 saturated carbocycles. The number of rotatable bonds is 4. The summed E-state index contributed by atoms with van der Waals surface area (Å²) in [6.07, 6.45) is 5.09. The van der Waals surface area contributed by atoms with E-state index in [1.54, 1.807) is 6.33 Å². The van der Waals surface area contributed by atoms with E-state index in [0.717, 1.165) is 31.4 Å².